The maximum atomic E-state index is 12.9. The molecule has 1 heterocycles. The van der Waals surface area contributed by atoms with Gasteiger partial charge in [0.1, 0.15) is 12.2 Å². The van der Waals surface area contributed by atoms with Crippen LogP contribution in [0.25, 0.3) is 6.08 Å². The highest BCUT2D eigenvalue weighted by molar-refractivity contribution is 6.40. The van der Waals surface area contributed by atoms with E-state index in [9.17, 15) is 24.5 Å². The number of anilines is 1. The van der Waals surface area contributed by atoms with Crippen molar-refractivity contribution in [3.63, 3.8) is 0 Å². The fourth-order valence-corrected chi connectivity index (χ4v) is 3.36. The van der Waals surface area contributed by atoms with Crippen molar-refractivity contribution in [2.45, 2.75) is 0 Å². The van der Waals surface area contributed by atoms with Crippen LogP contribution in [0.5, 0.6) is 5.75 Å². The Balaban J connectivity index is 2.00. The van der Waals surface area contributed by atoms with Gasteiger partial charge < -0.3 is 4.74 Å². The number of rotatable bonds is 6. The summed E-state index contributed by atoms with van der Waals surface area (Å²) in [7, 11) is 0. The van der Waals surface area contributed by atoms with Gasteiger partial charge in [0.2, 0.25) is 0 Å². The van der Waals surface area contributed by atoms with E-state index in [1.165, 1.54) is 42.5 Å². The number of nitrogens with one attached hydrogen (secondary N) is 1. The summed E-state index contributed by atoms with van der Waals surface area (Å²) in [4.78, 5) is 48.4. The molecule has 1 N–H and O–H groups in total. The molecule has 2 aromatic carbocycles. The van der Waals surface area contributed by atoms with Crippen LogP contribution in [0.2, 0.25) is 10.0 Å². The van der Waals surface area contributed by atoms with Crippen molar-refractivity contribution in [2.75, 3.05) is 11.5 Å². The molecule has 158 valence electrons. The van der Waals surface area contributed by atoms with Crippen molar-refractivity contribution in [2.24, 2.45) is 0 Å². The summed E-state index contributed by atoms with van der Waals surface area (Å²) in [5.74, 6) is -1.69. The highest BCUT2D eigenvalue weighted by atomic mass is 35.5. The van der Waals surface area contributed by atoms with E-state index >= 15 is 0 Å². The molecule has 0 radical (unpaired) electrons. The van der Waals surface area contributed by atoms with Gasteiger partial charge in [0.05, 0.1) is 20.7 Å². The topological polar surface area (TPSA) is 119 Å². The van der Waals surface area contributed by atoms with Gasteiger partial charge in [-0.3, -0.25) is 25.0 Å². The molecule has 0 bridgehead atoms. The van der Waals surface area contributed by atoms with E-state index in [2.05, 4.69) is 6.58 Å². The monoisotopic (exact) mass is 461 g/mol. The van der Waals surface area contributed by atoms with E-state index in [1.807, 2.05) is 5.32 Å². The molecule has 0 unspecified atom stereocenters. The Labute approximate surface area is 185 Å². The standard InChI is InChI=1S/C20H13Cl2N3O6/c1-2-6-31-17-15(21)8-11(9-16(17)22)7-14-18(26)23-20(28)24(19(14)27)12-4-3-5-13(10-12)25(29)30/h2-5,7-10H,1,6H2,(H,23,26,28)/b14-7+. The fourth-order valence-electron chi connectivity index (χ4n) is 2.75. The minimum atomic E-state index is -1.03. The van der Waals surface area contributed by atoms with Crippen LogP contribution in [-0.2, 0) is 9.59 Å². The van der Waals surface area contributed by atoms with E-state index in [0.29, 0.717) is 10.5 Å². The molecule has 3 rings (SSSR count). The number of halogens is 2. The number of nitrogens with zero attached hydrogens (tertiary/aromatic N) is 2. The number of urea groups is 1. The summed E-state index contributed by atoms with van der Waals surface area (Å²) in [6.45, 7) is 3.70. The first kappa shape index (κ1) is 22.0. The van der Waals surface area contributed by atoms with Crippen molar-refractivity contribution in [1.29, 1.82) is 0 Å². The number of carbonyl (C=O) groups excluding carboxylic acids is 3. The molecule has 0 atom stereocenters. The van der Waals surface area contributed by atoms with Gasteiger partial charge >= 0.3 is 6.03 Å². The van der Waals surface area contributed by atoms with Gasteiger partial charge in [-0.15, -0.1) is 0 Å². The Bertz CT molecular complexity index is 1140. The van der Waals surface area contributed by atoms with Crippen molar-refractivity contribution < 1.29 is 24.0 Å². The zero-order chi connectivity index (χ0) is 22.7. The maximum absolute atomic E-state index is 12.9. The normalized spacial score (nSPS) is 15.1. The largest absolute Gasteiger partial charge is 0.486 e. The van der Waals surface area contributed by atoms with Crippen molar-refractivity contribution in [3.05, 3.63) is 80.3 Å². The van der Waals surface area contributed by atoms with Crippen molar-refractivity contribution >= 4 is 58.5 Å². The first-order valence-corrected chi connectivity index (χ1v) is 9.37. The minimum absolute atomic E-state index is 0.0701. The van der Waals surface area contributed by atoms with Crippen LogP contribution < -0.4 is 15.0 Å². The lowest BCUT2D eigenvalue weighted by Crippen LogP contribution is -2.54. The van der Waals surface area contributed by atoms with Gasteiger partial charge in [0.25, 0.3) is 17.5 Å². The number of hydrogen-bond donors (Lipinski definition) is 1. The molecule has 11 heteroatoms. The molecule has 2 aromatic rings. The Kier molecular flexibility index (Phi) is 6.38. The van der Waals surface area contributed by atoms with Gasteiger partial charge in [-0.2, -0.15) is 0 Å². The summed E-state index contributed by atoms with van der Waals surface area (Å²) in [5, 5.41) is 13.3. The third-order valence-electron chi connectivity index (χ3n) is 4.08. The molecule has 0 aromatic heterocycles. The number of nitro benzene ring substituents is 1. The quantitative estimate of drug-likeness (QED) is 0.227. The Morgan fingerprint density at radius 3 is 2.45 bits per heavy atom. The number of barbiturate groups is 1. The Hall–Kier alpha value is -3.69. The lowest BCUT2D eigenvalue weighted by molar-refractivity contribution is -0.384. The number of amides is 4. The highest BCUT2D eigenvalue weighted by Crippen LogP contribution is 2.35. The number of ether oxygens (including phenoxy) is 1. The summed E-state index contributed by atoms with van der Waals surface area (Å²) in [5.41, 5.74) is -0.487. The second kappa shape index (κ2) is 8.99. The summed E-state index contributed by atoms with van der Waals surface area (Å²) in [6.07, 6.45) is 2.70. The van der Waals surface area contributed by atoms with Gasteiger partial charge in [-0.25, -0.2) is 9.69 Å². The molecule has 9 nitrogen and oxygen atoms in total. The summed E-state index contributed by atoms with van der Waals surface area (Å²) < 4.78 is 5.37. The maximum Gasteiger partial charge on any atom is 0.335 e. The van der Waals surface area contributed by atoms with Gasteiger partial charge in [0, 0.05) is 12.1 Å². The average Bonchev–Trinajstić information content (AvgIpc) is 2.70. The molecular weight excluding hydrogens is 449 g/mol. The van der Waals surface area contributed by atoms with Crippen molar-refractivity contribution in [1.82, 2.24) is 5.32 Å². The lowest BCUT2D eigenvalue weighted by Gasteiger charge is -2.26. The Morgan fingerprint density at radius 2 is 1.84 bits per heavy atom. The molecule has 0 spiro atoms. The number of hydrogen-bond acceptors (Lipinski definition) is 6. The third kappa shape index (κ3) is 4.57. The second-order valence-electron chi connectivity index (χ2n) is 6.15. The van der Waals surface area contributed by atoms with Crippen LogP contribution in [0.15, 0.2) is 54.6 Å². The van der Waals surface area contributed by atoms with Crippen LogP contribution in [0.4, 0.5) is 16.2 Å². The summed E-state index contributed by atoms with van der Waals surface area (Å²) >= 11 is 12.3. The molecule has 1 fully saturated rings. The van der Waals surface area contributed by atoms with E-state index in [4.69, 9.17) is 27.9 Å². The van der Waals surface area contributed by atoms with Crippen molar-refractivity contribution in [3.8, 4) is 5.75 Å². The molecule has 1 aliphatic rings. The van der Waals surface area contributed by atoms with Crippen LogP contribution in [0, 0.1) is 10.1 Å². The van der Waals surface area contributed by atoms with Crippen LogP contribution in [-0.4, -0.2) is 29.4 Å². The zero-order valence-electron chi connectivity index (χ0n) is 15.6. The molecule has 0 aliphatic carbocycles. The molecule has 4 amide bonds. The smallest absolute Gasteiger partial charge is 0.335 e. The number of imide groups is 2. The summed E-state index contributed by atoms with van der Waals surface area (Å²) in [6, 6.07) is 6.72. The first-order chi connectivity index (χ1) is 14.7. The predicted octanol–water partition coefficient (Wildman–Crippen LogP) is 4.13. The zero-order valence-corrected chi connectivity index (χ0v) is 17.1. The van der Waals surface area contributed by atoms with E-state index in [0.717, 1.165) is 6.07 Å². The molecule has 0 saturated carbocycles. The molecular formula is C20H13Cl2N3O6. The molecule has 1 saturated heterocycles. The SMILES string of the molecule is C=CCOc1c(Cl)cc(/C=C2\C(=O)NC(=O)N(c3cccc([N+](=O)[O-])c3)C2=O)cc1Cl. The lowest BCUT2D eigenvalue weighted by atomic mass is 10.1. The van der Waals surface area contributed by atoms with E-state index in [1.54, 1.807) is 0 Å². The molecule has 31 heavy (non-hydrogen) atoms. The average molecular weight is 462 g/mol. The Morgan fingerprint density at radius 1 is 1.16 bits per heavy atom. The van der Waals surface area contributed by atoms with Crippen LogP contribution in [0.3, 0.4) is 0 Å². The fraction of sp³-hybridized carbons (Fsp3) is 0.0500. The highest BCUT2D eigenvalue weighted by Gasteiger charge is 2.37. The van der Waals surface area contributed by atoms with Crippen LogP contribution >= 0.6 is 23.2 Å². The first-order valence-electron chi connectivity index (χ1n) is 8.61. The number of benzene rings is 2. The van der Waals surface area contributed by atoms with Gasteiger partial charge in [-0.1, -0.05) is 41.9 Å². The van der Waals surface area contributed by atoms with Gasteiger partial charge in [0.15, 0.2) is 5.75 Å². The minimum Gasteiger partial charge on any atom is -0.486 e. The number of non-ortho nitro benzene ring substituents is 1. The number of carbonyl (C=O) groups is 3. The van der Waals surface area contributed by atoms with Crippen LogP contribution in [0.1, 0.15) is 5.56 Å². The van der Waals surface area contributed by atoms with E-state index < -0.39 is 28.3 Å². The second-order valence-corrected chi connectivity index (χ2v) is 6.96. The third-order valence-corrected chi connectivity index (χ3v) is 4.64. The predicted molar refractivity (Wildman–Crippen MR) is 114 cm³/mol. The van der Waals surface area contributed by atoms with Gasteiger partial charge in [-0.05, 0) is 29.8 Å². The number of nitro groups is 1. The van der Waals surface area contributed by atoms with E-state index in [-0.39, 0.29) is 33.8 Å². The molecule has 1 aliphatic heterocycles.